The van der Waals surface area contributed by atoms with Crippen LogP contribution >= 0.6 is 0 Å². The fourth-order valence-electron chi connectivity index (χ4n) is 3.83. The van der Waals surface area contributed by atoms with Gasteiger partial charge in [-0.05, 0) is 57.8 Å². The van der Waals surface area contributed by atoms with E-state index in [-0.39, 0.29) is 5.56 Å². The molecule has 3 heterocycles. The second-order valence-electron chi connectivity index (χ2n) is 7.11. The predicted molar refractivity (Wildman–Crippen MR) is 92.6 cm³/mol. The molecule has 0 aromatic carbocycles. The number of hydrogen-bond donors (Lipinski definition) is 0. The van der Waals surface area contributed by atoms with Gasteiger partial charge in [0.05, 0.1) is 6.33 Å². The summed E-state index contributed by atoms with van der Waals surface area (Å²) in [6.07, 6.45) is 11.2. The Morgan fingerprint density at radius 1 is 0.957 bits per heavy atom. The number of rotatable bonds is 5. The second kappa shape index (κ2) is 8.60. The lowest BCUT2D eigenvalue weighted by Gasteiger charge is -2.33. The normalized spacial score (nSPS) is 22.1. The van der Waals surface area contributed by atoms with Crippen molar-refractivity contribution in [1.29, 1.82) is 0 Å². The average Bonchev–Trinajstić information content (AvgIpc) is 2.85. The molecule has 5 nitrogen and oxygen atoms in total. The van der Waals surface area contributed by atoms with Gasteiger partial charge in [-0.3, -0.25) is 9.36 Å². The van der Waals surface area contributed by atoms with Crippen molar-refractivity contribution in [2.75, 3.05) is 39.3 Å². The summed E-state index contributed by atoms with van der Waals surface area (Å²) in [5, 5.41) is 0. The second-order valence-corrected chi connectivity index (χ2v) is 7.11. The van der Waals surface area contributed by atoms with Gasteiger partial charge in [-0.25, -0.2) is 4.98 Å². The minimum absolute atomic E-state index is 0.0728. The first-order chi connectivity index (χ1) is 11.3. The Balaban J connectivity index is 1.38. The topological polar surface area (TPSA) is 41.4 Å². The van der Waals surface area contributed by atoms with Gasteiger partial charge in [0.1, 0.15) is 0 Å². The van der Waals surface area contributed by atoms with E-state index in [0.29, 0.717) is 5.92 Å². The molecule has 2 fully saturated rings. The molecule has 3 rings (SSSR count). The third-order valence-electron chi connectivity index (χ3n) is 5.39. The molecule has 2 aliphatic rings. The average molecular weight is 318 g/mol. The van der Waals surface area contributed by atoms with E-state index in [4.69, 9.17) is 0 Å². The maximum absolute atomic E-state index is 11.8. The van der Waals surface area contributed by atoms with Crippen molar-refractivity contribution >= 4 is 0 Å². The Morgan fingerprint density at radius 3 is 2.26 bits per heavy atom. The Morgan fingerprint density at radius 2 is 1.61 bits per heavy atom. The number of hydrogen-bond acceptors (Lipinski definition) is 4. The summed E-state index contributed by atoms with van der Waals surface area (Å²) < 4.78 is 1.76. The van der Waals surface area contributed by atoms with Gasteiger partial charge in [0.15, 0.2) is 0 Å². The first-order valence-electron chi connectivity index (χ1n) is 9.26. The van der Waals surface area contributed by atoms with Gasteiger partial charge in [-0.15, -0.1) is 0 Å². The zero-order chi connectivity index (χ0) is 15.9. The molecule has 1 aromatic heterocycles. The van der Waals surface area contributed by atoms with Crippen molar-refractivity contribution in [3.05, 3.63) is 28.9 Å². The highest BCUT2D eigenvalue weighted by atomic mass is 16.1. The highest BCUT2D eigenvalue weighted by Gasteiger charge is 2.20. The highest BCUT2D eigenvalue weighted by molar-refractivity contribution is 4.83. The molecule has 1 aromatic rings. The van der Waals surface area contributed by atoms with Crippen molar-refractivity contribution in [1.82, 2.24) is 19.4 Å². The monoisotopic (exact) mass is 318 g/mol. The molecule has 0 saturated carbocycles. The predicted octanol–water partition coefficient (Wildman–Crippen LogP) is 1.83. The van der Waals surface area contributed by atoms with Gasteiger partial charge >= 0.3 is 0 Å². The summed E-state index contributed by atoms with van der Waals surface area (Å²) in [5.41, 5.74) is 0.0728. The van der Waals surface area contributed by atoms with Gasteiger partial charge in [-0.1, -0.05) is 12.8 Å². The van der Waals surface area contributed by atoms with E-state index in [1.54, 1.807) is 23.2 Å². The summed E-state index contributed by atoms with van der Waals surface area (Å²) in [6, 6.07) is 1.55. The van der Waals surface area contributed by atoms with Gasteiger partial charge in [-0.2, -0.15) is 0 Å². The Hall–Kier alpha value is -1.20. The summed E-state index contributed by atoms with van der Waals surface area (Å²) in [4.78, 5) is 21.1. The highest BCUT2D eigenvalue weighted by Crippen LogP contribution is 2.18. The molecule has 2 saturated heterocycles. The fourth-order valence-corrected chi connectivity index (χ4v) is 3.83. The molecule has 0 spiro atoms. The van der Waals surface area contributed by atoms with E-state index >= 15 is 0 Å². The number of piperidine rings is 1. The smallest absolute Gasteiger partial charge is 0.253 e. The van der Waals surface area contributed by atoms with E-state index in [1.807, 2.05) is 0 Å². The molecule has 0 N–H and O–H groups in total. The van der Waals surface area contributed by atoms with E-state index in [1.165, 1.54) is 77.8 Å². The lowest BCUT2D eigenvalue weighted by molar-refractivity contribution is 0.149. The van der Waals surface area contributed by atoms with Crippen LogP contribution in [-0.2, 0) is 6.54 Å². The van der Waals surface area contributed by atoms with Gasteiger partial charge < -0.3 is 9.80 Å². The summed E-state index contributed by atoms with van der Waals surface area (Å²) in [7, 11) is 0. The van der Waals surface area contributed by atoms with Crippen LogP contribution in [0.1, 0.15) is 38.5 Å². The van der Waals surface area contributed by atoms with Crippen molar-refractivity contribution in [3.8, 4) is 0 Å². The maximum atomic E-state index is 11.8. The van der Waals surface area contributed by atoms with Crippen molar-refractivity contribution in [2.24, 2.45) is 5.92 Å². The summed E-state index contributed by atoms with van der Waals surface area (Å²) in [5.74, 6) is 0.617. The SMILES string of the molecule is O=c1ccncn1CC1CCN(CCN2CCCCCC2)CC1. The molecule has 0 aliphatic carbocycles. The van der Waals surface area contributed by atoms with Crippen LogP contribution in [0.4, 0.5) is 0 Å². The third kappa shape index (κ3) is 5.15. The minimum Gasteiger partial charge on any atom is -0.302 e. The van der Waals surface area contributed by atoms with Gasteiger partial charge in [0, 0.05) is 31.9 Å². The molecular weight excluding hydrogens is 288 g/mol. The molecule has 0 unspecified atom stereocenters. The van der Waals surface area contributed by atoms with E-state index in [9.17, 15) is 4.79 Å². The summed E-state index contributed by atoms with van der Waals surface area (Å²) in [6.45, 7) is 8.20. The third-order valence-corrected chi connectivity index (χ3v) is 5.39. The van der Waals surface area contributed by atoms with Crippen molar-refractivity contribution in [2.45, 2.75) is 45.1 Å². The molecule has 0 bridgehead atoms. The lowest BCUT2D eigenvalue weighted by atomic mass is 9.96. The Kier molecular flexibility index (Phi) is 6.22. The molecule has 2 aliphatic heterocycles. The zero-order valence-corrected chi connectivity index (χ0v) is 14.2. The van der Waals surface area contributed by atoms with Crippen LogP contribution < -0.4 is 5.56 Å². The Labute approximate surface area is 139 Å². The van der Waals surface area contributed by atoms with Crippen LogP contribution in [0.25, 0.3) is 0 Å². The minimum atomic E-state index is 0.0728. The standard InChI is InChI=1S/C18H30N4O/c23-18-5-8-19-16-22(18)15-17-6-11-21(12-7-17)14-13-20-9-3-1-2-4-10-20/h5,8,16-17H,1-4,6-7,9-15H2. The molecule has 0 amide bonds. The van der Waals surface area contributed by atoms with Gasteiger partial charge in [0.25, 0.3) is 5.56 Å². The van der Waals surface area contributed by atoms with Crippen LogP contribution in [-0.4, -0.2) is 58.6 Å². The molecule has 23 heavy (non-hydrogen) atoms. The van der Waals surface area contributed by atoms with Crippen molar-refractivity contribution in [3.63, 3.8) is 0 Å². The first-order valence-corrected chi connectivity index (χ1v) is 9.26. The van der Waals surface area contributed by atoms with Gasteiger partial charge in [0.2, 0.25) is 0 Å². The van der Waals surface area contributed by atoms with Crippen LogP contribution in [0, 0.1) is 5.92 Å². The quantitative estimate of drug-likeness (QED) is 0.830. The van der Waals surface area contributed by atoms with E-state index in [2.05, 4.69) is 14.8 Å². The largest absolute Gasteiger partial charge is 0.302 e. The molecule has 5 heteroatoms. The van der Waals surface area contributed by atoms with Crippen LogP contribution in [0.2, 0.25) is 0 Å². The first kappa shape index (κ1) is 16.7. The number of likely N-dealkylation sites (tertiary alicyclic amines) is 2. The van der Waals surface area contributed by atoms with E-state index < -0.39 is 0 Å². The molecule has 0 atom stereocenters. The fraction of sp³-hybridized carbons (Fsp3) is 0.778. The van der Waals surface area contributed by atoms with Crippen molar-refractivity contribution < 1.29 is 0 Å². The summed E-state index contributed by atoms with van der Waals surface area (Å²) >= 11 is 0. The lowest BCUT2D eigenvalue weighted by Crippen LogP contribution is -2.41. The molecular formula is C18H30N4O. The Bertz CT molecular complexity index is 514. The zero-order valence-electron chi connectivity index (χ0n) is 14.2. The molecule has 0 radical (unpaired) electrons. The van der Waals surface area contributed by atoms with Crippen LogP contribution in [0.3, 0.4) is 0 Å². The van der Waals surface area contributed by atoms with Crippen LogP contribution in [0.5, 0.6) is 0 Å². The maximum Gasteiger partial charge on any atom is 0.253 e. The number of nitrogens with zero attached hydrogens (tertiary/aromatic N) is 4. The van der Waals surface area contributed by atoms with Crippen LogP contribution in [0.15, 0.2) is 23.4 Å². The molecule has 128 valence electrons. The van der Waals surface area contributed by atoms with E-state index in [0.717, 1.165) is 6.54 Å². The number of aromatic nitrogens is 2.